The van der Waals surface area contributed by atoms with Crippen molar-refractivity contribution in [2.75, 3.05) is 19.7 Å². The second-order valence-corrected chi connectivity index (χ2v) is 9.63. The molecule has 1 atom stereocenters. The fourth-order valence-corrected chi connectivity index (χ4v) is 5.62. The summed E-state index contributed by atoms with van der Waals surface area (Å²) >= 11 is 0. The van der Waals surface area contributed by atoms with E-state index in [0.29, 0.717) is 30.5 Å². The van der Waals surface area contributed by atoms with Crippen molar-refractivity contribution >= 4 is 21.9 Å². The molecule has 28 heavy (non-hydrogen) atoms. The van der Waals surface area contributed by atoms with Gasteiger partial charge in [-0.3, -0.25) is 9.59 Å². The number of nitrogens with zero attached hydrogens (tertiary/aromatic N) is 1. The van der Waals surface area contributed by atoms with Crippen LogP contribution in [0.2, 0.25) is 0 Å². The number of amides is 1. The standard InChI is InChI=1S/C20H30N2O5S/c1-13(2)11-21-18(23)12-27-20(24)17-7-6-8-22(17)28(25,26)19-15(4)9-14(3)10-16(19)5/h9-10,13,17H,6-8,11-12H2,1-5H3,(H,21,23). The van der Waals surface area contributed by atoms with Crippen LogP contribution in [-0.4, -0.2) is 50.3 Å². The summed E-state index contributed by atoms with van der Waals surface area (Å²) in [5.74, 6) is -0.779. The average Bonchev–Trinajstić information content (AvgIpc) is 3.07. The molecule has 1 unspecified atom stereocenters. The van der Waals surface area contributed by atoms with Gasteiger partial charge in [0, 0.05) is 13.1 Å². The Morgan fingerprint density at radius 3 is 2.39 bits per heavy atom. The monoisotopic (exact) mass is 410 g/mol. The molecule has 1 N–H and O–H groups in total. The largest absolute Gasteiger partial charge is 0.454 e. The Hall–Kier alpha value is -1.93. The van der Waals surface area contributed by atoms with Crippen LogP contribution in [0.5, 0.6) is 0 Å². The van der Waals surface area contributed by atoms with Crippen LogP contribution >= 0.6 is 0 Å². The molecule has 1 aromatic carbocycles. The zero-order valence-electron chi connectivity index (χ0n) is 17.2. The molecule has 156 valence electrons. The Labute approximate surface area is 167 Å². The van der Waals surface area contributed by atoms with Gasteiger partial charge >= 0.3 is 5.97 Å². The third kappa shape index (κ3) is 5.11. The van der Waals surface area contributed by atoms with Crippen molar-refractivity contribution in [3.63, 3.8) is 0 Å². The van der Waals surface area contributed by atoms with E-state index in [1.54, 1.807) is 13.8 Å². The molecule has 2 rings (SSSR count). The predicted molar refractivity (Wildman–Crippen MR) is 106 cm³/mol. The summed E-state index contributed by atoms with van der Waals surface area (Å²) in [6.07, 6.45) is 0.956. The number of hydrogen-bond acceptors (Lipinski definition) is 5. The van der Waals surface area contributed by atoms with Crippen LogP contribution in [0.1, 0.15) is 43.4 Å². The van der Waals surface area contributed by atoms with Gasteiger partial charge in [0.05, 0.1) is 4.90 Å². The first-order valence-electron chi connectivity index (χ1n) is 9.57. The SMILES string of the molecule is Cc1cc(C)c(S(=O)(=O)N2CCCC2C(=O)OCC(=O)NCC(C)C)c(C)c1. The topological polar surface area (TPSA) is 92.8 Å². The Balaban J connectivity index is 2.13. The van der Waals surface area contributed by atoms with E-state index >= 15 is 0 Å². The lowest BCUT2D eigenvalue weighted by atomic mass is 10.1. The number of hydrogen-bond donors (Lipinski definition) is 1. The molecule has 8 heteroatoms. The molecule has 1 fully saturated rings. The highest BCUT2D eigenvalue weighted by Crippen LogP contribution is 2.31. The molecule has 7 nitrogen and oxygen atoms in total. The molecular formula is C20H30N2O5S. The number of nitrogens with one attached hydrogen (secondary N) is 1. The van der Waals surface area contributed by atoms with Crippen molar-refractivity contribution < 1.29 is 22.7 Å². The molecule has 1 aliphatic rings. The average molecular weight is 411 g/mol. The van der Waals surface area contributed by atoms with Gasteiger partial charge in [0.25, 0.3) is 5.91 Å². The summed E-state index contributed by atoms with van der Waals surface area (Å²) in [5.41, 5.74) is 2.30. The predicted octanol–water partition coefficient (Wildman–Crippen LogP) is 2.08. The van der Waals surface area contributed by atoms with Crippen molar-refractivity contribution in [3.05, 3.63) is 28.8 Å². The number of aryl methyl sites for hydroxylation is 3. The molecular weight excluding hydrogens is 380 g/mol. The van der Waals surface area contributed by atoms with Gasteiger partial charge < -0.3 is 10.1 Å². The number of sulfonamides is 1. The third-order valence-corrected chi connectivity index (χ3v) is 6.91. The van der Waals surface area contributed by atoms with E-state index in [9.17, 15) is 18.0 Å². The molecule has 0 radical (unpaired) electrons. The first kappa shape index (κ1) is 22.4. The highest BCUT2D eigenvalue weighted by Gasteiger charge is 2.41. The summed E-state index contributed by atoms with van der Waals surface area (Å²) in [7, 11) is -3.84. The van der Waals surface area contributed by atoms with E-state index in [-0.39, 0.29) is 23.3 Å². The van der Waals surface area contributed by atoms with Gasteiger partial charge in [0.15, 0.2) is 6.61 Å². The smallest absolute Gasteiger partial charge is 0.324 e. The fourth-order valence-electron chi connectivity index (χ4n) is 3.56. The number of ether oxygens (including phenoxy) is 1. The first-order chi connectivity index (χ1) is 13.0. The number of esters is 1. The first-order valence-corrected chi connectivity index (χ1v) is 11.0. The van der Waals surface area contributed by atoms with Crippen LogP contribution < -0.4 is 5.32 Å². The maximum Gasteiger partial charge on any atom is 0.324 e. The van der Waals surface area contributed by atoms with E-state index in [1.807, 2.05) is 32.9 Å². The minimum absolute atomic E-state index is 0.243. The number of carbonyl (C=O) groups is 2. The van der Waals surface area contributed by atoms with E-state index in [1.165, 1.54) is 4.31 Å². The summed E-state index contributed by atoms with van der Waals surface area (Å²) in [5, 5.41) is 2.67. The van der Waals surface area contributed by atoms with E-state index in [2.05, 4.69) is 5.32 Å². The van der Waals surface area contributed by atoms with E-state index in [0.717, 1.165) is 5.56 Å². The molecule has 1 saturated heterocycles. The van der Waals surface area contributed by atoms with Crippen LogP contribution in [0, 0.1) is 26.7 Å². The van der Waals surface area contributed by atoms with Crippen molar-refractivity contribution in [2.45, 2.75) is 58.4 Å². The van der Waals surface area contributed by atoms with Gasteiger partial charge in [-0.05, 0) is 50.7 Å². The Morgan fingerprint density at radius 2 is 1.82 bits per heavy atom. The summed E-state index contributed by atoms with van der Waals surface area (Å²) in [6, 6.07) is 2.74. The van der Waals surface area contributed by atoms with Crippen LogP contribution in [0.25, 0.3) is 0 Å². The van der Waals surface area contributed by atoms with Gasteiger partial charge in [-0.25, -0.2) is 8.42 Å². The molecule has 0 aliphatic carbocycles. The second kappa shape index (κ2) is 9.05. The second-order valence-electron chi connectivity index (χ2n) is 7.81. The van der Waals surface area contributed by atoms with Gasteiger partial charge in [0.1, 0.15) is 6.04 Å². The number of rotatable bonds is 7. The Morgan fingerprint density at radius 1 is 1.21 bits per heavy atom. The maximum atomic E-state index is 13.3. The lowest BCUT2D eigenvalue weighted by Crippen LogP contribution is -2.43. The lowest BCUT2D eigenvalue weighted by Gasteiger charge is -2.24. The minimum atomic E-state index is -3.84. The van der Waals surface area contributed by atoms with Crippen LogP contribution in [0.15, 0.2) is 17.0 Å². The molecule has 0 spiro atoms. The van der Waals surface area contributed by atoms with E-state index in [4.69, 9.17) is 4.74 Å². The zero-order valence-corrected chi connectivity index (χ0v) is 18.1. The van der Waals surface area contributed by atoms with Gasteiger partial charge in [-0.1, -0.05) is 31.5 Å². The number of benzene rings is 1. The zero-order chi connectivity index (χ0) is 21.1. The molecule has 1 aliphatic heterocycles. The fraction of sp³-hybridized carbons (Fsp3) is 0.600. The molecule has 1 amide bonds. The number of carbonyl (C=O) groups excluding carboxylic acids is 2. The Bertz CT molecular complexity index is 825. The quantitative estimate of drug-likeness (QED) is 0.695. The summed E-state index contributed by atoms with van der Waals surface area (Å²) < 4.78 is 32.8. The maximum absolute atomic E-state index is 13.3. The van der Waals surface area contributed by atoms with E-state index < -0.39 is 28.6 Å². The van der Waals surface area contributed by atoms with Crippen molar-refractivity contribution in [1.82, 2.24) is 9.62 Å². The normalized spacial score (nSPS) is 17.7. The Kier molecular flexibility index (Phi) is 7.22. The highest BCUT2D eigenvalue weighted by atomic mass is 32.2. The highest BCUT2D eigenvalue weighted by molar-refractivity contribution is 7.89. The van der Waals surface area contributed by atoms with Gasteiger partial charge in [0.2, 0.25) is 10.0 Å². The van der Waals surface area contributed by atoms with Crippen LogP contribution in [0.3, 0.4) is 0 Å². The lowest BCUT2D eigenvalue weighted by molar-refractivity contribution is -0.151. The minimum Gasteiger partial charge on any atom is -0.454 e. The molecule has 1 aromatic rings. The van der Waals surface area contributed by atoms with Crippen molar-refractivity contribution in [2.24, 2.45) is 5.92 Å². The third-order valence-electron chi connectivity index (χ3n) is 4.70. The van der Waals surface area contributed by atoms with Gasteiger partial charge in [-0.2, -0.15) is 4.31 Å². The van der Waals surface area contributed by atoms with Gasteiger partial charge in [-0.15, -0.1) is 0 Å². The summed E-state index contributed by atoms with van der Waals surface area (Å²) in [6.45, 7) is 9.70. The molecule has 0 saturated carbocycles. The molecule has 1 heterocycles. The molecule has 0 bridgehead atoms. The van der Waals surface area contributed by atoms with Crippen LogP contribution in [0.4, 0.5) is 0 Å². The van der Waals surface area contributed by atoms with Crippen LogP contribution in [-0.2, 0) is 24.3 Å². The molecule has 0 aromatic heterocycles. The summed E-state index contributed by atoms with van der Waals surface area (Å²) in [4.78, 5) is 24.5. The van der Waals surface area contributed by atoms with Crippen molar-refractivity contribution in [1.29, 1.82) is 0 Å². The van der Waals surface area contributed by atoms with Crippen molar-refractivity contribution in [3.8, 4) is 0 Å².